The van der Waals surface area contributed by atoms with Crippen molar-refractivity contribution in [2.24, 2.45) is 0 Å². The largest absolute Gasteiger partial charge is 0.445 e. The molecule has 122 valence electrons. The first-order valence-corrected chi connectivity index (χ1v) is 8.97. The van der Waals surface area contributed by atoms with Crippen LogP contribution in [-0.4, -0.2) is 43.9 Å². The molecule has 2 aromatic rings. The summed E-state index contributed by atoms with van der Waals surface area (Å²) in [5, 5.41) is 2.18. The third-order valence-corrected chi connectivity index (χ3v) is 5.59. The number of hydrogen-bond donors (Lipinski definition) is 0. The van der Waals surface area contributed by atoms with E-state index in [9.17, 15) is 9.59 Å². The van der Waals surface area contributed by atoms with Gasteiger partial charge < -0.3 is 4.74 Å². The third kappa shape index (κ3) is 3.28. The summed E-state index contributed by atoms with van der Waals surface area (Å²) in [4.78, 5) is 30.6. The minimum atomic E-state index is -0.374. The Hall–Kier alpha value is -1.80. The Morgan fingerprint density at radius 2 is 2.43 bits per heavy atom. The fourth-order valence-electron chi connectivity index (χ4n) is 2.79. The van der Waals surface area contributed by atoms with Gasteiger partial charge in [-0.15, -0.1) is 11.3 Å². The van der Waals surface area contributed by atoms with E-state index in [0.717, 1.165) is 16.9 Å². The summed E-state index contributed by atoms with van der Waals surface area (Å²) >= 11 is 2.87. The fourth-order valence-corrected chi connectivity index (χ4v) is 4.68. The van der Waals surface area contributed by atoms with Crippen LogP contribution in [0.2, 0.25) is 0 Å². The van der Waals surface area contributed by atoms with Gasteiger partial charge in [0.2, 0.25) is 0 Å². The minimum absolute atomic E-state index is 0.0631. The molecule has 2 atom stereocenters. The lowest BCUT2D eigenvalue weighted by molar-refractivity contribution is -0.109. The number of imidazole rings is 1. The van der Waals surface area contributed by atoms with Crippen molar-refractivity contribution in [1.29, 1.82) is 0 Å². The molecule has 0 aliphatic carbocycles. The van der Waals surface area contributed by atoms with Gasteiger partial charge in [0.05, 0.1) is 17.9 Å². The predicted molar refractivity (Wildman–Crippen MR) is 90.7 cm³/mol. The van der Waals surface area contributed by atoms with E-state index in [1.54, 1.807) is 41.8 Å². The van der Waals surface area contributed by atoms with Crippen LogP contribution >= 0.6 is 23.1 Å². The van der Waals surface area contributed by atoms with Gasteiger partial charge in [-0.1, -0.05) is 24.4 Å². The molecule has 0 bridgehead atoms. The number of amides is 1. The summed E-state index contributed by atoms with van der Waals surface area (Å²) in [6.07, 6.45) is 5.44. The first kappa shape index (κ1) is 16.1. The van der Waals surface area contributed by atoms with Crippen LogP contribution in [0.3, 0.4) is 0 Å². The minimum Gasteiger partial charge on any atom is -0.445 e. The second kappa shape index (κ2) is 6.76. The van der Waals surface area contributed by atoms with Crippen molar-refractivity contribution in [3.63, 3.8) is 0 Å². The lowest BCUT2D eigenvalue weighted by Crippen LogP contribution is -2.32. The van der Waals surface area contributed by atoms with Crippen LogP contribution in [-0.2, 0) is 9.53 Å². The molecule has 2 aromatic heterocycles. The maximum atomic E-state index is 12.4. The van der Waals surface area contributed by atoms with Crippen LogP contribution < -0.4 is 0 Å². The summed E-state index contributed by atoms with van der Waals surface area (Å²) in [5.41, 5.74) is 1.00. The normalized spacial score (nSPS) is 20.8. The van der Waals surface area contributed by atoms with Gasteiger partial charge in [0.15, 0.2) is 5.12 Å². The van der Waals surface area contributed by atoms with Gasteiger partial charge in [0, 0.05) is 24.1 Å². The van der Waals surface area contributed by atoms with Gasteiger partial charge in [-0.05, 0) is 6.42 Å². The number of likely N-dealkylation sites (tertiary alicyclic amines) is 1. The molecule has 23 heavy (non-hydrogen) atoms. The molecule has 0 radical (unpaired) electrons. The van der Waals surface area contributed by atoms with Gasteiger partial charge in [-0.3, -0.25) is 14.1 Å². The number of thiazole rings is 1. The van der Waals surface area contributed by atoms with Crippen molar-refractivity contribution in [2.45, 2.75) is 24.6 Å². The average molecular weight is 351 g/mol. The summed E-state index contributed by atoms with van der Waals surface area (Å²) in [7, 11) is 0. The quantitative estimate of drug-likeness (QED) is 0.792. The zero-order chi connectivity index (χ0) is 16.4. The highest BCUT2D eigenvalue weighted by Gasteiger charge is 2.39. The molecule has 0 unspecified atom stereocenters. The Balaban J connectivity index is 1.87. The standard InChI is InChI=1S/C15H17N3O3S2/c1-3-4-21-15(20)17-7-11(23-10(2)19)5-12(17)13-8-22-14-6-16-9-18(13)14/h3,6,8-9,11-12H,1,4-5,7H2,2H3/t11-,12-/m0/s1. The van der Waals surface area contributed by atoms with Gasteiger partial charge >= 0.3 is 6.09 Å². The Kier molecular flexibility index (Phi) is 4.72. The van der Waals surface area contributed by atoms with E-state index in [2.05, 4.69) is 11.6 Å². The smallest absolute Gasteiger partial charge is 0.410 e. The highest BCUT2D eigenvalue weighted by molar-refractivity contribution is 8.14. The molecule has 0 aromatic carbocycles. The Morgan fingerprint density at radius 3 is 3.17 bits per heavy atom. The maximum Gasteiger partial charge on any atom is 0.410 e. The molecule has 1 amide bonds. The molecule has 1 saturated heterocycles. The number of carbonyl (C=O) groups is 2. The van der Waals surface area contributed by atoms with E-state index in [0.29, 0.717) is 6.54 Å². The van der Waals surface area contributed by atoms with Crippen LogP contribution in [0, 0.1) is 0 Å². The van der Waals surface area contributed by atoms with Crippen LogP contribution in [0.5, 0.6) is 0 Å². The second-order valence-corrected chi connectivity index (χ2v) is 7.63. The number of rotatable bonds is 4. The first-order valence-electron chi connectivity index (χ1n) is 7.21. The molecule has 0 spiro atoms. The summed E-state index contributed by atoms with van der Waals surface area (Å²) in [5.74, 6) is 0. The van der Waals surface area contributed by atoms with Crippen molar-refractivity contribution in [1.82, 2.24) is 14.3 Å². The van der Waals surface area contributed by atoms with E-state index in [1.807, 2.05) is 9.78 Å². The zero-order valence-corrected chi connectivity index (χ0v) is 14.3. The zero-order valence-electron chi connectivity index (χ0n) is 12.7. The Labute approximate surface area is 142 Å². The number of nitrogens with zero attached hydrogens (tertiary/aromatic N) is 3. The number of thioether (sulfide) groups is 1. The molecule has 1 aliphatic rings. The highest BCUT2D eigenvalue weighted by atomic mass is 32.2. The average Bonchev–Trinajstić information content (AvgIpc) is 3.18. The summed E-state index contributed by atoms with van der Waals surface area (Å²) in [6.45, 7) is 5.79. The molecule has 0 N–H and O–H groups in total. The predicted octanol–water partition coefficient (Wildman–Crippen LogP) is 3.11. The fraction of sp³-hybridized carbons (Fsp3) is 0.400. The monoisotopic (exact) mass is 351 g/mol. The molecule has 1 aliphatic heterocycles. The second-order valence-electron chi connectivity index (χ2n) is 5.26. The van der Waals surface area contributed by atoms with Gasteiger partial charge in [-0.2, -0.15) is 0 Å². The number of aromatic nitrogens is 2. The first-order chi connectivity index (χ1) is 11.1. The van der Waals surface area contributed by atoms with Crippen LogP contribution in [0.25, 0.3) is 4.83 Å². The van der Waals surface area contributed by atoms with Crippen molar-refractivity contribution < 1.29 is 14.3 Å². The molecular formula is C15H17N3O3S2. The SMILES string of the molecule is C=CCOC(=O)N1C[C@@H](SC(C)=O)C[C@H]1c1csc2cncn12. The molecule has 3 rings (SSSR count). The summed E-state index contributed by atoms with van der Waals surface area (Å²) in [6, 6.07) is -0.118. The van der Waals surface area contributed by atoms with Crippen molar-refractivity contribution >= 4 is 39.1 Å². The van der Waals surface area contributed by atoms with Crippen LogP contribution in [0.4, 0.5) is 4.79 Å². The Morgan fingerprint density at radius 1 is 1.61 bits per heavy atom. The lowest BCUT2D eigenvalue weighted by Gasteiger charge is -2.23. The molecule has 6 nitrogen and oxygen atoms in total. The van der Waals surface area contributed by atoms with E-state index < -0.39 is 0 Å². The van der Waals surface area contributed by atoms with Gasteiger partial charge in [-0.25, -0.2) is 9.78 Å². The number of fused-ring (bicyclic) bond motifs is 1. The van der Waals surface area contributed by atoms with Crippen molar-refractivity contribution in [2.75, 3.05) is 13.2 Å². The highest BCUT2D eigenvalue weighted by Crippen LogP contribution is 2.39. The molecular weight excluding hydrogens is 334 g/mol. The number of carbonyl (C=O) groups excluding carboxylic acids is 2. The van der Waals surface area contributed by atoms with E-state index in [1.165, 1.54) is 11.8 Å². The van der Waals surface area contributed by atoms with E-state index >= 15 is 0 Å². The van der Waals surface area contributed by atoms with Gasteiger partial charge in [0.25, 0.3) is 0 Å². The lowest BCUT2D eigenvalue weighted by atomic mass is 10.1. The maximum absolute atomic E-state index is 12.4. The molecule has 8 heteroatoms. The van der Waals surface area contributed by atoms with Crippen molar-refractivity contribution in [3.8, 4) is 0 Å². The third-order valence-electron chi connectivity index (χ3n) is 3.68. The summed E-state index contributed by atoms with van der Waals surface area (Å²) < 4.78 is 7.19. The molecule has 1 fully saturated rings. The number of ether oxygens (including phenoxy) is 1. The molecule has 3 heterocycles. The van der Waals surface area contributed by atoms with Crippen molar-refractivity contribution in [3.05, 3.63) is 36.3 Å². The van der Waals surface area contributed by atoms with Crippen LogP contribution in [0.15, 0.2) is 30.6 Å². The number of hydrogen-bond acceptors (Lipinski definition) is 6. The molecule has 0 saturated carbocycles. The van der Waals surface area contributed by atoms with E-state index in [4.69, 9.17) is 4.74 Å². The van der Waals surface area contributed by atoms with Crippen LogP contribution in [0.1, 0.15) is 25.1 Å². The topological polar surface area (TPSA) is 63.9 Å². The van der Waals surface area contributed by atoms with Gasteiger partial charge in [0.1, 0.15) is 17.8 Å². The van der Waals surface area contributed by atoms with E-state index in [-0.39, 0.29) is 29.1 Å². The Bertz CT molecular complexity index is 739.